The highest BCUT2D eigenvalue weighted by atomic mass is 16.5. The second kappa shape index (κ2) is 12.9. The van der Waals surface area contributed by atoms with E-state index in [0.717, 1.165) is 50.0 Å². The number of benzene rings is 3. The van der Waals surface area contributed by atoms with Crippen molar-refractivity contribution in [2.24, 2.45) is 0 Å². The molecule has 0 spiro atoms. The summed E-state index contributed by atoms with van der Waals surface area (Å²) in [6.45, 7) is 6.05. The maximum atomic E-state index is 12.0. The van der Waals surface area contributed by atoms with E-state index in [1.54, 1.807) is 0 Å². The van der Waals surface area contributed by atoms with Crippen molar-refractivity contribution in [2.45, 2.75) is 58.4 Å². The average molecular weight is 484 g/mol. The van der Waals surface area contributed by atoms with E-state index in [9.17, 15) is 4.79 Å². The zero-order valence-electron chi connectivity index (χ0n) is 21.5. The van der Waals surface area contributed by atoms with Gasteiger partial charge in [0.1, 0.15) is 11.6 Å². The minimum atomic E-state index is -0.0833. The average Bonchev–Trinajstić information content (AvgIpc) is 3.27. The molecule has 4 aromatic rings. The van der Waals surface area contributed by atoms with E-state index < -0.39 is 0 Å². The van der Waals surface area contributed by atoms with Crippen molar-refractivity contribution < 1.29 is 9.53 Å². The minimum Gasteiger partial charge on any atom is -0.484 e. The van der Waals surface area contributed by atoms with Gasteiger partial charge in [-0.3, -0.25) is 4.79 Å². The van der Waals surface area contributed by atoms with Gasteiger partial charge in [0, 0.05) is 19.5 Å². The Bertz CT molecular complexity index is 1230. The molecule has 3 aromatic carbocycles. The first-order chi connectivity index (χ1) is 17.6. The maximum absolute atomic E-state index is 12.0. The Morgan fingerprint density at radius 1 is 0.944 bits per heavy atom. The largest absolute Gasteiger partial charge is 0.484 e. The Hall–Kier alpha value is -3.60. The van der Waals surface area contributed by atoms with E-state index in [4.69, 9.17) is 9.72 Å². The van der Waals surface area contributed by atoms with Crippen molar-refractivity contribution in [1.29, 1.82) is 0 Å². The number of fused-ring (bicyclic) bond motifs is 1. The Labute approximate surface area is 214 Å². The van der Waals surface area contributed by atoms with Gasteiger partial charge in [-0.15, -0.1) is 0 Å². The molecule has 188 valence electrons. The van der Waals surface area contributed by atoms with Crippen LogP contribution in [0.3, 0.4) is 0 Å². The molecule has 4 rings (SSSR count). The van der Waals surface area contributed by atoms with Crippen LogP contribution in [0.5, 0.6) is 5.75 Å². The summed E-state index contributed by atoms with van der Waals surface area (Å²) in [5.41, 5.74) is 4.93. The first-order valence-corrected chi connectivity index (χ1v) is 13.1. The first-order valence-electron chi connectivity index (χ1n) is 13.1. The van der Waals surface area contributed by atoms with E-state index in [1.807, 2.05) is 30.3 Å². The van der Waals surface area contributed by atoms with E-state index in [1.165, 1.54) is 16.6 Å². The lowest BCUT2D eigenvalue weighted by atomic mass is 9.97. The number of amides is 1. The highest BCUT2D eigenvalue weighted by Gasteiger charge is 2.11. The molecule has 1 unspecified atom stereocenters. The molecule has 1 aromatic heterocycles. The van der Waals surface area contributed by atoms with E-state index in [0.29, 0.717) is 18.2 Å². The Morgan fingerprint density at radius 2 is 1.69 bits per heavy atom. The lowest BCUT2D eigenvalue weighted by Crippen LogP contribution is -2.29. The van der Waals surface area contributed by atoms with Crippen molar-refractivity contribution in [3.63, 3.8) is 0 Å². The van der Waals surface area contributed by atoms with Gasteiger partial charge in [0.25, 0.3) is 5.91 Å². The number of carbonyl (C=O) groups excluding carboxylic acids is 1. The van der Waals surface area contributed by atoms with Gasteiger partial charge < -0.3 is 14.6 Å². The summed E-state index contributed by atoms with van der Waals surface area (Å²) in [4.78, 5) is 17.0. The zero-order valence-corrected chi connectivity index (χ0v) is 21.5. The van der Waals surface area contributed by atoms with Gasteiger partial charge in [0.15, 0.2) is 6.61 Å². The number of unbranched alkanes of at least 4 members (excludes halogenated alkanes) is 2. The van der Waals surface area contributed by atoms with Crippen LogP contribution in [0.1, 0.15) is 62.4 Å². The topological polar surface area (TPSA) is 56.2 Å². The Kier molecular flexibility index (Phi) is 9.15. The summed E-state index contributed by atoms with van der Waals surface area (Å²) in [6, 6.07) is 26.8. The number of aryl methyl sites for hydroxylation is 1. The van der Waals surface area contributed by atoms with Gasteiger partial charge >= 0.3 is 0 Å². The van der Waals surface area contributed by atoms with Gasteiger partial charge in [-0.25, -0.2) is 4.98 Å². The van der Waals surface area contributed by atoms with Crippen LogP contribution in [0, 0.1) is 0 Å². The molecule has 5 nitrogen and oxygen atoms in total. The number of hydrogen-bond donors (Lipinski definition) is 1. The fourth-order valence-electron chi connectivity index (χ4n) is 4.39. The summed E-state index contributed by atoms with van der Waals surface area (Å²) >= 11 is 0. The predicted molar refractivity (Wildman–Crippen MR) is 146 cm³/mol. The Morgan fingerprint density at radius 3 is 2.47 bits per heavy atom. The van der Waals surface area contributed by atoms with Crippen LogP contribution < -0.4 is 10.1 Å². The molecular formula is C31H37N3O2. The molecule has 0 fully saturated rings. The lowest BCUT2D eigenvalue weighted by molar-refractivity contribution is -0.123. The molecule has 0 saturated carbocycles. The zero-order chi connectivity index (χ0) is 25.2. The number of carbonyl (C=O) groups is 1. The van der Waals surface area contributed by atoms with Crippen LogP contribution in [0.2, 0.25) is 0 Å². The third-order valence-electron chi connectivity index (χ3n) is 6.75. The maximum Gasteiger partial charge on any atom is 0.257 e. The SMILES string of the molecule is CCC(C)c1ccc(Cn2c(CCCCCNC(=O)COc3ccccc3)nc3ccccc32)cc1. The smallest absolute Gasteiger partial charge is 0.257 e. The fourth-order valence-corrected chi connectivity index (χ4v) is 4.39. The van der Waals surface area contributed by atoms with Gasteiger partial charge in [-0.1, -0.05) is 74.9 Å². The van der Waals surface area contributed by atoms with Crippen LogP contribution in [-0.2, 0) is 17.8 Å². The molecule has 0 aliphatic carbocycles. The normalized spacial score (nSPS) is 11.9. The minimum absolute atomic E-state index is 0.0480. The highest BCUT2D eigenvalue weighted by molar-refractivity contribution is 5.77. The van der Waals surface area contributed by atoms with Gasteiger partial charge in [0.05, 0.1) is 11.0 Å². The van der Waals surface area contributed by atoms with Crippen LogP contribution in [-0.4, -0.2) is 28.6 Å². The molecule has 0 saturated heterocycles. The highest BCUT2D eigenvalue weighted by Crippen LogP contribution is 2.22. The summed E-state index contributed by atoms with van der Waals surface area (Å²) in [6.07, 6.45) is 5.08. The monoisotopic (exact) mass is 483 g/mol. The molecular weight excluding hydrogens is 446 g/mol. The van der Waals surface area contributed by atoms with Crippen molar-refractivity contribution >= 4 is 16.9 Å². The van der Waals surface area contributed by atoms with E-state index in [2.05, 4.69) is 72.3 Å². The van der Waals surface area contributed by atoms with Gasteiger partial charge in [-0.05, 0) is 60.6 Å². The Balaban J connectivity index is 1.27. The second-order valence-corrected chi connectivity index (χ2v) is 9.42. The number of nitrogens with one attached hydrogen (secondary N) is 1. The molecule has 0 radical (unpaired) electrons. The van der Waals surface area contributed by atoms with Crippen molar-refractivity contribution in [1.82, 2.24) is 14.9 Å². The number of aromatic nitrogens is 2. The number of para-hydroxylation sites is 3. The van der Waals surface area contributed by atoms with Crippen molar-refractivity contribution in [3.8, 4) is 5.75 Å². The molecule has 1 atom stereocenters. The summed E-state index contributed by atoms with van der Waals surface area (Å²) in [7, 11) is 0. The molecule has 0 bridgehead atoms. The van der Waals surface area contributed by atoms with Crippen LogP contribution >= 0.6 is 0 Å². The summed E-state index contributed by atoms with van der Waals surface area (Å²) in [5, 5.41) is 2.95. The van der Waals surface area contributed by atoms with Crippen molar-refractivity contribution in [3.05, 3.63) is 95.8 Å². The summed E-state index contributed by atoms with van der Waals surface area (Å²) < 4.78 is 7.85. The van der Waals surface area contributed by atoms with Crippen LogP contribution in [0.15, 0.2) is 78.9 Å². The van der Waals surface area contributed by atoms with Crippen molar-refractivity contribution in [2.75, 3.05) is 13.2 Å². The predicted octanol–water partition coefficient (Wildman–Crippen LogP) is 6.51. The molecule has 1 N–H and O–H groups in total. The lowest BCUT2D eigenvalue weighted by Gasteiger charge is -2.12. The van der Waals surface area contributed by atoms with E-state index >= 15 is 0 Å². The van der Waals surface area contributed by atoms with Gasteiger partial charge in [0.2, 0.25) is 0 Å². The van der Waals surface area contributed by atoms with Gasteiger partial charge in [-0.2, -0.15) is 0 Å². The van der Waals surface area contributed by atoms with Crippen LogP contribution in [0.4, 0.5) is 0 Å². The fraction of sp³-hybridized carbons (Fsp3) is 0.355. The second-order valence-electron chi connectivity index (χ2n) is 9.42. The molecule has 36 heavy (non-hydrogen) atoms. The number of hydrogen-bond acceptors (Lipinski definition) is 3. The standard InChI is InChI=1S/C31H37N3O2/c1-3-24(2)26-19-17-25(18-20-26)22-34-29-15-10-9-14-28(29)33-30(34)16-8-5-11-21-32-31(35)23-36-27-12-6-4-7-13-27/h4,6-7,9-10,12-15,17-20,24H,3,5,8,11,16,21-23H2,1-2H3,(H,32,35). The molecule has 1 heterocycles. The molecule has 1 amide bonds. The molecule has 0 aliphatic rings. The number of rotatable bonds is 13. The third-order valence-corrected chi connectivity index (χ3v) is 6.75. The number of nitrogens with zero attached hydrogens (tertiary/aromatic N) is 2. The number of ether oxygens (including phenoxy) is 1. The van der Waals surface area contributed by atoms with E-state index in [-0.39, 0.29) is 12.5 Å². The summed E-state index contributed by atoms with van der Waals surface area (Å²) in [5.74, 6) is 2.34. The van der Waals surface area contributed by atoms with Crippen LogP contribution in [0.25, 0.3) is 11.0 Å². The number of imidazole rings is 1. The first kappa shape index (κ1) is 25.5. The third kappa shape index (κ3) is 6.97. The molecule has 5 heteroatoms. The molecule has 0 aliphatic heterocycles. The quantitative estimate of drug-likeness (QED) is 0.221.